The van der Waals surface area contributed by atoms with Gasteiger partial charge < -0.3 is 21.3 Å². The fourth-order valence-electron chi connectivity index (χ4n) is 10.4. The van der Waals surface area contributed by atoms with Gasteiger partial charge in [-0.1, -0.05) is 60.8 Å². The number of nitrogens with two attached hydrogens (primary N) is 1. The van der Waals surface area contributed by atoms with E-state index >= 15 is 0 Å². The lowest BCUT2D eigenvalue weighted by molar-refractivity contribution is -0.234. The Morgan fingerprint density at radius 2 is 1.68 bits per heavy atom. The predicted octanol–water partition coefficient (Wildman–Crippen LogP) is 6.53. The van der Waals surface area contributed by atoms with Crippen molar-refractivity contribution in [1.29, 1.82) is 0 Å². The molecule has 4 heteroatoms. The molecule has 11 atom stereocenters. The van der Waals surface area contributed by atoms with Gasteiger partial charge in [0.2, 0.25) is 0 Å². The fraction of sp³-hybridized carbons (Fsp3) is 1.00. The summed E-state index contributed by atoms with van der Waals surface area (Å²) in [4.78, 5) is 0. The average molecular weight is 519 g/mol. The highest BCUT2D eigenvalue weighted by Gasteiger charge is 2.67. The van der Waals surface area contributed by atoms with E-state index in [1.54, 1.807) is 0 Å². The number of nitrogens with one attached hydrogen (secondary N) is 1. The van der Waals surface area contributed by atoms with Crippen LogP contribution in [-0.2, 0) is 0 Å². The summed E-state index contributed by atoms with van der Waals surface area (Å²) >= 11 is 0. The lowest BCUT2D eigenvalue weighted by Gasteiger charge is -2.66. The van der Waals surface area contributed by atoms with Crippen LogP contribution in [0.1, 0.15) is 125 Å². The van der Waals surface area contributed by atoms with Crippen LogP contribution in [0.3, 0.4) is 0 Å². The monoisotopic (exact) mass is 518 g/mol. The van der Waals surface area contributed by atoms with Crippen LogP contribution in [0.15, 0.2) is 0 Å². The highest BCUT2D eigenvalue weighted by molar-refractivity contribution is 5.18. The average Bonchev–Trinajstić information content (AvgIpc) is 3.20. The van der Waals surface area contributed by atoms with E-state index in [2.05, 4.69) is 46.9 Å². The van der Waals surface area contributed by atoms with Crippen LogP contribution in [0.25, 0.3) is 0 Å². The minimum Gasteiger partial charge on any atom is -0.393 e. The SMILES string of the molecule is CC(C)CCC[C@@H](C)[C@H]1CC[C@H]2C3CC(NCCCC(C)CN)[C@@]4(O)C[C@@H](O)CCC4(C)[C@H]3CCC12C. The zero-order valence-electron chi connectivity index (χ0n) is 25.3. The summed E-state index contributed by atoms with van der Waals surface area (Å²) in [5, 5.41) is 27.0. The van der Waals surface area contributed by atoms with Gasteiger partial charge >= 0.3 is 0 Å². The molecule has 5 N–H and O–H groups in total. The molecule has 5 unspecified atom stereocenters. The van der Waals surface area contributed by atoms with Crippen LogP contribution in [0.2, 0.25) is 0 Å². The molecule has 37 heavy (non-hydrogen) atoms. The summed E-state index contributed by atoms with van der Waals surface area (Å²) in [6.45, 7) is 16.3. The van der Waals surface area contributed by atoms with E-state index in [9.17, 15) is 10.2 Å². The van der Waals surface area contributed by atoms with Crippen LogP contribution < -0.4 is 11.1 Å². The highest BCUT2D eigenvalue weighted by atomic mass is 16.3. The number of aliphatic hydroxyl groups is 2. The van der Waals surface area contributed by atoms with Crippen molar-refractivity contribution in [2.45, 2.75) is 143 Å². The van der Waals surface area contributed by atoms with E-state index in [0.717, 1.165) is 68.9 Å². The first-order chi connectivity index (χ1) is 17.5. The van der Waals surface area contributed by atoms with Crippen molar-refractivity contribution < 1.29 is 10.2 Å². The number of hydrogen-bond donors (Lipinski definition) is 4. The third kappa shape index (κ3) is 5.57. The molecule has 0 aromatic rings. The molecule has 0 spiro atoms. The Kier molecular flexibility index (Phi) is 9.47. The lowest BCUT2D eigenvalue weighted by Crippen LogP contribution is -2.71. The van der Waals surface area contributed by atoms with E-state index in [-0.39, 0.29) is 17.6 Å². The molecule has 0 radical (unpaired) electrons. The van der Waals surface area contributed by atoms with Gasteiger partial charge in [-0.05, 0) is 118 Å². The molecule has 4 rings (SSSR count). The van der Waals surface area contributed by atoms with Crippen molar-refractivity contribution in [3.8, 4) is 0 Å². The van der Waals surface area contributed by atoms with E-state index in [1.807, 2.05) is 0 Å². The Hall–Kier alpha value is -0.160. The van der Waals surface area contributed by atoms with Gasteiger partial charge in [-0.3, -0.25) is 0 Å². The lowest BCUT2D eigenvalue weighted by atomic mass is 9.42. The molecule has 0 saturated heterocycles. The van der Waals surface area contributed by atoms with Gasteiger partial charge in [-0.2, -0.15) is 0 Å². The highest BCUT2D eigenvalue weighted by Crippen LogP contribution is 2.69. The Labute approximate surface area is 229 Å². The minimum absolute atomic E-state index is 0.0896. The van der Waals surface area contributed by atoms with Crippen LogP contribution >= 0.6 is 0 Å². The Morgan fingerprint density at radius 1 is 0.919 bits per heavy atom. The molecule has 0 amide bonds. The van der Waals surface area contributed by atoms with Gasteiger partial charge in [0, 0.05) is 17.9 Å². The summed E-state index contributed by atoms with van der Waals surface area (Å²) in [5.74, 6) is 5.13. The summed E-state index contributed by atoms with van der Waals surface area (Å²) in [6, 6.07) is 0.0896. The summed E-state index contributed by atoms with van der Waals surface area (Å²) in [7, 11) is 0. The van der Waals surface area contributed by atoms with E-state index in [4.69, 9.17) is 5.73 Å². The number of hydrogen-bond acceptors (Lipinski definition) is 4. The van der Waals surface area contributed by atoms with Crippen molar-refractivity contribution in [2.24, 2.45) is 58.0 Å². The normalized spacial score (nSPS) is 45.2. The molecule has 0 bridgehead atoms. The minimum atomic E-state index is -0.804. The van der Waals surface area contributed by atoms with Crippen LogP contribution in [-0.4, -0.2) is 41.0 Å². The molecule has 4 aliphatic rings. The van der Waals surface area contributed by atoms with E-state index in [1.165, 1.54) is 44.9 Å². The summed E-state index contributed by atoms with van der Waals surface area (Å²) in [6.07, 6.45) is 14.8. The molecule has 4 saturated carbocycles. The number of fused-ring (bicyclic) bond motifs is 5. The topological polar surface area (TPSA) is 78.5 Å². The summed E-state index contributed by atoms with van der Waals surface area (Å²) in [5.41, 5.74) is 5.41. The molecular weight excluding hydrogens is 456 g/mol. The molecule has 0 aromatic carbocycles. The molecule has 0 aromatic heterocycles. The van der Waals surface area contributed by atoms with Crippen molar-refractivity contribution in [3.05, 3.63) is 0 Å². The number of rotatable bonds is 11. The van der Waals surface area contributed by atoms with Crippen molar-refractivity contribution in [1.82, 2.24) is 5.32 Å². The number of aliphatic hydroxyl groups excluding tert-OH is 1. The summed E-state index contributed by atoms with van der Waals surface area (Å²) < 4.78 is 0. The van der Waals surface area contributed by atoms with Crippen LogP contribution in [0.5, 0.6) is 0 Å². The van der Waals surface area contributed by atoms with Gasteiger partial charge in [0.25, 0.3) is 0 Å². The molecule has 4 fully saturated rings. The maximum atomic E-state index is 12.4. The second-order valence-electron chi connectivity index (χ2n) is 15.4. The molecule has 216 valence electrons. The Bertz CT molecular complexity index is 744. The Balaban J connectivity index is 1.52. The predicted molar refractivity (Wildman–Crippen MR) is 155 cm³/mol. The molecular formula is C33H62N2O2. The standard InChI is InChI=1S/C33H62N2O2/c1-22(2)9-7-11-24(4)27-12-13-28-26-19-30(35-18-8-10-23(3)21-34)33(37)20-25(36)14-17-32(33,6)29(26)15-16-31(27,28)5/h22-30,35-37H,7-21,34H2,1-6H3/t23?,24-,25+,26?,27-,28+,29+,30?,31?,32?,33+/m1/s1. The fourth-order valence-corrected chi connectivity index (χ4v) is 10.4. The van der Waals surface area contributed by atoms with Crippen LogP contribution in [0, 0.1) is 52.3 Å². The third-order valence-corrected chi connectivity index (χ3v) is 12.7. The van der Waals surface area contributed by atoms with Gasteiger partial charge in [0.05, 0.1) is 11.7 Å². The van der Waals surface area contributed by atoms with Gasteiger partial charge in [0.1, 0.15) is 0 Å². The second-order valence-corrected chi connectivity index (χ2v) is 15.4. The van der Waals surface area contributed by atoms with E-state index < -0.39 is 5.60 Å². The first kappa shape index (κ1) is 29.8. The second kappa shape index (κ2) is 11.8. The molecule has 0 aliphatic heterocycles. The van der Waals surface area contributed by atoms with Crippen molar-refractivity contribution in [2.75, 3.05) is 13.1 Å². The van der Waals surface area contributed by atoms with E-state index in [0.29, 0.717) is 29.6 Å². The first-order valence-corrected chi connectivity index (χ1v) is 16.3. The van der Waals surface area contributed by atoms with Crippen molar-refractivity contribution in [3.63, 3.8) is 0 Å². The molecule has 4 nitrogen and oxygen atoms in total. The van der Waals surface area contributed by atoms with Gasteiger partial charge in [-0.25, -0.2) is 0 Å². The third-order valence-electron chi connectivity index (χ3n) is 12.7. The molecule has 0 heterocycles. The zero-order valence-corrected chi connectivity index (χ0v) is 25.3. The smallest absolute Gasteiger partial charge is 0.0880 e. The molecule has 4 aliphatic carbocycles. The first-order valence-electron chi connectivity index (χ1n) is 16.3. The van der Waals surface area contributed by atoms with Gasteiger partial charge in [0.15, 0.2) is 0 Å². The van der Waals surface area contributed by atoms with Gasteiger partial charge in [-0.15, -0.1) is 0 Å². The Morgan fingerprint density at radius 3 is 2.38 bits per heavy atom. The largest absolute Gasteiger partial charge is 0.393 e. The zero-order chi connectivity index (χ0) is 27.0. The maximum Gasteiger partial charge on any atom is 0.0880 e. The van der Waals surface area contributed by atoms with Crippen LogP contribution in [0.4, 0.5) is 0 Å². The van der Waals surface area contributed by atoms with Crippen molar-refractivity contribution >= 4 is 0 Å². The maximum absolute atomic E-state index is 12.4. The quantitative estimate of drug-likeness (QED) is 0.235.